The zero-order valence-corrected chi connectivity index (χ0v) is 16.8. The average molecular weight is 403 g/mol. The molecule has 2 heterocycles. The minimum absolute atomic E-state index is 0.149. The number of aromatic nitrogens is 3. The molecule has 0 bridgehead atoms. The van der Waals surface area contributed by atoms with Crippen LogP contribution < -0.4 is 20.1 Å². The van der Waals surface area contributed by atoms with Gasteiger partial charge in [0.05, 0.1) is 19.9 Å². The summed E-state index contributed by atoms with van der Waals surface area (Å²) >= 11 is 0. The molecule has 0 aliphatic rings. The average Bonchev–Trinajstić information content (AvgIpc) is 3.27. The topological polar surface area (TPSA) is 89.8 Å². The summed E-state index contributed by atoms with van der Waals surface area (Å²) in [5, 5.41) is 5.95. The van der Waals surface area contributed by atoms with Crippen molar-refractivity contribution in [2.45, 2.75) is 0 Å². The molecular formula is C22H21N5O3. The van der Waals surface area contributed by atoms with Crippen LogP contribution in [0.2, 0.25) is 0 Å². The van der Waals surface area contributed by atoms with Crippen molar-refractivity contribution in [2.24, 2.45) is 0 Å². The normalized spacial score (nSPS) is 10.6. The molecule has 152 valence electrons. The number of amides is 1. The molecule has 0 spiro atoms. The first-order chi connectivity index (χ1) is 14.6. The Kier molecular flexibility index (Phi) is 5.21. The van der Waals surface area contributed by atoms with Gasteiger partial charge < -0.3 is 24.5 Å². The third kappa shape index (κ3) is 3.62. The molecular weight excluding hydrogens is 382 g/mol. The number of benzene rings is 2. The molecule has 2 N–H and O–H groups in total. The number of hydrogen-bond donors (Lipinski definition) is 2. The molecule has 0 fully saturated rings. The van der Waals surface area contributed by atoms with Gasteiger partial charge in [-0.3, -0.25) is 4.79 Å². The van der Waals surface area contributed by atoms with E-state index in [0.29, 0.717) is 34.2 Å². The Bertz CT molecular complexity index is 1220. The van der Waals surface area contributed by atoms with Gasteiger partial charge in [0.2, 0.25) is 0 Å². The van der Waals surface area contributed by atoms with Crippen molar-refractivity contribution in [2.75, 3.05) is 26.6 Å². The lowest BCUT2D eigenvalue weighted by Crippen LogP contribution is -2.17. The molecule has 2 aromatic heterocycles. The third-order valence-corrected chi connectivity index (χ3v) is 4.67. The second-order valence-electron chi connectivity index (χ2n) is 6.49. The minimum atomic E-state index is -0.149. The summed E-state index contributed by atoms with van der Waals surface area (Å²) in [5.41, 5.74) is 3.55. The minimum Gasteiger partial charge on any atom is -0.493 e. The number of fused-ring (bicyclic) bond motifs is 1. The maximum absolute atomic E-state index is 12.0. The third-order valence-electron chi connectivity index (χ3n) is 4.67. The van der Waals surface area contributed by atoms with Crippen molar-refractivity contribution in [1.82, 2.24) is 19.7 Å². The number of methoxy groups -OCH3 is 2. The van der Waals surface area contributed by atoms with E-state index >= 15 is 0 Å². The van der Waals surface area contributed by atoms with Crippen LogP contribution >= 0.6 is 0 Å². The van der Waals surface area contributed by atoms with E-state index in [2.05, 4.69) is 15.6 Å². The standard InChI is InChI=1S/C22H21N5O3/c1-23-22(28)15-6-4-5-14(11-15)17-13-27-10-9-24-21(27)20(26-17)25-16-7-8-18(29-2)19(12-16)30-3/h4-13H,1-3H3,(H,23,28)(H,25,26). The molecule has 0 saturated heterocycles. The molecule has 0 atom stereocenters. The fourth-order valence-electron chi connectivity index (χ4n) is 3.17. The molecule has 0 saturated carbocycles. The Balaban J connectivity index is 1.77. The molecule has 0 radical (unpaired) electrons. The van der Waals surface area contributed by atoms with Gasteiger partial charge in [-0.25, -0.2) is 9.97 Å². The monoisotopic (exact) mass is 403 g/mol. The predicted molar refractivity (Wildman–Crippen MR) is 115 cm³/mol. The first kappa shape index (κ1) is 19.3. The van der Waals surface area contributed by atoms with Crippen LogP contribution in [0.5, 0.6) is 11.5 Å². The molecule has 8 nitrogen and oxygen atoms in total. The van der Waals surface area contributed by atoms with E-state index in [0.717, 1.165) is 11.3 Å². The molecule has 1 amide bonds. The highest BCUT2D eigenvalue weighted by Gasteiger charge is 2.13. The number of ether oxygens (including phenoxy) is 2. The Morgan fingerprint density at radius 3 is 2.67 bits per heavy atom. The Hall–Kier alpha value is -4.07. The summed E-state index contributed by atoms with van der Waals surface area (Å²) < 4.78 is 12.6. The largest absolute Gasteiger partial charge is 0.493 e. The lowest BCUT2D eigenvalue weighted by Gasteiger charge is -2.13. The fraction of sp³-hybridized carbons (Fsp3) is 0.136. The molecule has 30 heavy (non-hydrogen) atoms. The number of carbonyl (C=O) groups excluding carboxylic acids is 1. The molecule has 0 aliphatic heterocycles. The van der Waals surface area contributed by atoms with E-state index in [9.17, 15) is 4.79 Å². The number of rotatable bonds is 6. The Labute approximate surface area is 173 Å². The summed E-state index contributed by atoms with van der Waals surface area (Å²) in [6.45, 7) is 0. The number of carbonyl (C=O) groups is 1. The van der Waals surface area contributed by atoms with Crippen LogP contribution in [-0.4, -0.2) is 41.5 Å². The first-order valence-corrected chi connectivity index (χ1v) is 9.28. The molecule has 0 aliphatic carbocycles. The van der Waals surface area contributed by atoms with E-state index in [-0.39, 0.29) is 5.91 Å². The predicted octanol–water partition coefficient (Wildman–Crippen LogP) is 3.52. The van der Waals surface area contributed by atoms with Gasteiger partial charge in [0.25, 0.3) is 5.91 Å². The van der Waals surface area contributed by atoms with Crippen LogP contribution in [-0.2, 0) is 0 Å². The van der Waals surface area contributed by atoms with Crippen molar-refractivity contribution >= 4 is 23.1 Å². The summed E-state index contributed by atoms with van der Waals surface area (Å²) in [7, 11) is 4.79. The van der Waals surface area contributed by atoms with Crippen molar-refractivity contribution in [3.63, 3.8) is 0 Å². The smallest absolute Gasteiger partial charge is 0.251 e. The quantitative estimate of drug-likeness (QED) is 0.512. The van der Waals surface area contributed by atoms with Crippen LogP contribution in [0, 0.1) is 0 Å². The zero-order chi connectivity index (χ0) is 21.1. The lowest BCUT2D eigenvalue weighted by atomic mass is 10.1. The van der Waals surface area contributed by atoms with Gasteiger partial charge in [-0.1, -0.05) is 12.1 Å². The van der Waals surface area contributed by atoms with Gasteiger partial charge in [-0.15, -0.1) is 0 Å². The van der Waals surface area contributed by atoms with Crippen LogP contribution in [0.4, 0.5) is 11.5 Å². The van der Waals surface area contributed by atoms with E-state index in [1.54, 1.807) is 33.5 Å². The molecule has 2 aromatic carbocycles. The number of imidazole rings is 1. The molecule has 4 rings (SSSR count). The Morgan fingerprint density at radius 1 is 1.07 bits per heavy atom. The van der Waals surface area contributed by atoms with Crippen LogP contribution in [0.1, 0.15) is 10.4 Å². The lowest BCUT2D eigenvalue weighted by molar-refractivity contribution is 0.0963. The van der Waals surface area contributed by atoms with Crippen molar-refractivity contribution in [1.29, 1.82) is 0 Å². The summed E-state index contributed by atoms with van der Waals surface area (Å²) in [6, 6.07) is 12.9. The van der Waals surface area contributed by atoms with Gasteiger partial charge >= 0.3 is 0 Å². The fourth-order valence-corrected chi connectivity index (χ4v) is 3.17. The zero-order valence-electron chi connectivity index (χ0n) is 16.8. The first-order valence-electron chi connectivity index (χ1n) is 9.28. The van der Waals surface area contributed by atoms with Crippen LogP contribution in [0.3, 0.4) is 0 Å². The van der Waals surface area contributed by atoms with Crippen molar-refractivity contribution < 1.29 is 14.3 Å². The van der Waals surface area contributed by atoms with Gasteiger partial charge in [0, 0.05) is 48.5 Å². The number of nitrogens with one attached hydrogen (secondary N) is 2. The highest BCUT2D eigenvalue weighted by atomic mass is 16.5. The van der Waals surface area contributed by atoms with Crippen molar-refractivity contribution in [3.8, 4) is 22.8 Å². The number of anilines is 2. The maximum Gasteiger partial charge on any atom is 0.251 e. The second kappa shape index (κ2) is 8.12. The van der Waals surface area contributed by atoms with Gasteiger partial charge in [0.1, 0.15) is 0 Å². The highest BCUT2D eigenvalue weighted by molar-refractivity contribution is 5.95. The number of hydrogen-bond acceptors (Lipinski definition) is 6. The second-order valence-corrected chi connectivity index (χ2v) is 6.49. The highest BCUT2D eigenvalue weighted by Crippen LogP contribution is 2.32. The van der Waals surface area contributed by atoms with Gasteiger partial charge in [-0.05, 0) is 24.3 Å². The molecule has 0 unspecified atom stereocenters. The molecule has 4 aromatic rings. The summed E-state index contributed by atoms with van der Waals surface area (Å²) in [4.78, 5) is 21.2. The summed E-state index contributed by atoms with van der Waals surface area (Å²) in [6.07, 6.45) is 5.44. The van der Waals surface area contributed by atoms with Gasteiger partial charge in [0.15, 0.2) is 23.0 Å². The van der Waals surface area contributed by atoms with Gasteiger partial charge in [-0.2, -0.15) is 0 Å². The van der Waals surface area contributed by atoms with Crippen molar-refractivity contribution in [3.05, 3.63) is 66.6 Å². The number of nitrogens with zero attached hydrogens (tertiary/aromatic N) is 3. The van der Waals surface area contributed by atoms with Crippen LogP contribution in [0.25, 0.3) is 16.9 Å². The van der Waals surface area contributed by atoms with E-state index in [4.69, 9.17) is 14.5 Å². The molecule has 8 heteroatoms. The van der Waals surface area contributed by atoms with E-state index in [1.165, 1.54) is 0 Å². The maximum atomic E-state index is 12.0. The van der Waals surface area contributed by atoms with E-state index in [1.807, 2.05) is 53.2 Å². The van der Waals surface area contributed by atoms with Crippen LogP contribution in [0.15, 0.2) is 61.1 Å². The SMILES string of the molecule is CNC(=O)c1cccc(-c2cn3ccnc3c(Nc3ccc(OC)c(OC)c3)n2)c1. The Morgan fingerprint density at radius 2 is 1.90 bits per heavy atom. The summed E-state index contributed by atoms with van der Waals surface area (Å²) in [5.74, 6) is 1.68. The van der Waals surface area contributed by atoms with E-state index < -0.39 is 0 Å².